The number of ether oxygens (including phenoxy) is 2. The van der Waals surface area contributed by atoms with E-state index in [1.54, 1.807) is 30.3 Å². The van der Waals surface area contributed by atoms with E-state index in [0.717, 1.165) is 0 Å². The molecule has 0 unspecified atom stereocenters. The minimum atomic E-state index is -2.01. The van der Waals surface area contributed by atoms with Gasteiger partial charge in [-0.25, -0.2) is 32.9 Å². The Labute approximate surface area is 538 Å². The second-order valence-corrected chi connectivity index (χ2v) is 21.5. The van der Waals surface area contributed by atoms with Crippen LogP contribution >= 0.6 is 0 Å². The second-order valence-electron chi connectivity index (χ2n) is 21.5. The third kappa shape index (κ3) is 32.2. The van der Waals surface area contributed by atoms with Crippen molar-refractivity contribution < 1.29 is 118 Å². The lowest BCUT2D eigenvalue weighted by molar-refractivity contribution is -0.138. The second kappa shape index (κ2) is 45.0. The van der Waals surface area contributed by atoms with Crippen LogP contribution in [-0.4, -0.2) is 188 Å². The highest BCUT2D eigenvalue weighted by Gasteiger charge is 2.36. The van der Waals surface area contributed by atoms with E-state index >= 15 is 0 Å². The molecule has 0 aromatic heterocycles. The van der Waals surface area contributed by atoms with Gasteiger partial charge in [0.05, 0.1) is 25.3 Å². The summed E-state index contributed by atoms with van der Waals surface area (Å²) in [6.07, 6.45) is -9.37. The lowest BCUT2D eigenvalue weighted by Gasteiger charge is -2.28. The molecule has 2 rings (SSSR count). The minimum Gasteiger partial charge on any atom is -0.508 e. The fraction of sp³-hybridized carbons (Fsp3) is 0.534. The van der Waals surface area contributed by atoms with Gasteiger partial charge in [-0.2, -0.15) is 0 Å². The zero-order valence-electron chi connectivity index (χ0n) is 51.7. The molecule has 0 fully saturated rings. The number of nitrogens with one attached hydrogen (secondary N) is 12. The van der Waals surface area contributed by atoms with Gasteiger partial charge in [0.25, 0.3) is 0 Å². The third-order valence-electron chi connectivity index (χ3n) is 14.3. The summed E-state index contributed by atoms with van der Waals surface area (Å²) in [7, 11) is 1.44. The summed E-state index contributed by atoms with van der Waals surface area (Å²) in [5.74, 6) is -18.2. The zero-order valence-corrected chi connectivity index (χ0v) is 51.7. The predicted octanol–water partition coefficient (Wildman–Crippen LogP) is -3.02. The first kappa shape index (κ1) is 80.7. The monoisotopic (exact) mass is 1330 g/mol. The Balaban J connectivity index is 2.65. The summed E-state index contributed by atoms with van der Waals surface area (Å²) >= 11 is 0. The molecule has 0 saturated heterocycles. The van der Waals surface area contributed by atoms with Gasteiger partial charge in [0, 0.05) is 83.3 Å². The zero-order chi connectivity index (χ0) is 70.1. The molecule has 0 aliphatic heterocycles. The van der Waals surface area contributed by atoms with E-state index in [1.807, 2.05) is 0 Å². The fourth-order valence-electron chi connectivity index (χ4n) is 9.17. The number of hydrogen-bond acceptors (Lipinski definition) is 24. The van der Waals surface area contributed by atoms with Gasteiger partial charge in [0.15, 0.2) is 11.6 Å². The average molecular weight is 1330 g/mol. The van der Waals surface area contributed by atoms with Crippen LogP contribution in [0.4, 0.5) is 0 Å². The molecule has 8 atom stereocenters. The molecule has 12 amide bonds. The molecule has 0 heterocycles. The van der Waals surface area contributed by atoms with E-state index in [9.17, 15) is 103 Å². The molecule has 36 nitrogen and oxygen atoms in total. The summed E-state index contributed by atoms with van der Waals surface area (Å²) in [5, 5.41) is 79.7. The van der Waals surface area contributed by atoms with Crippen LogP contribution in [0.2, 0.25) is 0 Å². The van der Waals surface area contributed by atoms with Crippen LogP contribution in [0, 0.1) is 11.8 Å². The van der Waals surface area contributed by atoms with E-state index in [-0.39, 0.29) is 63.5 Å². The molecule has 0 saturated carbocycles. The predicted molar refractivity (Wildman–Crippen MR) is 317 cm³/mol. The standard InChI is InChI=1S/C58H84N12O24/c1-33(71)29-37(30-35-10-13-38(72)14-11-35)54(82)64-44(31-34-7-4-3-5-8-34)46(74)32-36(12-20-47(75)65-87)53(81)60-40(16-22-49(77)67-89)56(84)62-42(18-24-51(79)69-91)58(86)63-43(19-25-52(80)70-92)57(85)61-41(17-23-50(78)68-90)55(83)59-39(15-21-48(76)66-88)45(73)9-6-26-94-28-27-93-2/h3-5,7-8,10-11,13-14,36-37,39-44,72,87-92H,6,9,12,15-32H2,1-2H3,(H,59,83)(H,60,81)(H,61,85)(H,62,84)(H,63,86)(H,64,82)(H,65,75)(H,66,76)(H,67,77)(H,68,78)(H,69,79)(H,70,80)/t36-,37+,39-,40-,41-,42-,43-,44-/m1/s1. The van der Waals surface area contributed by atoms with Crippen molar-refractivity contribution in [3.63, 3.8) is 0 Å². The molecule has 520 valence electrons. The molecular weight excluding hydrogens is 1250 g/mol. The molecule has 2 aromatic carbocycles. The number of carbonyl (C=O) groups is 15. The number of aromatic hydroxyl groups is 1. The maximum atomic E-state index is 14.5. The molecule has 0 aliphatic rings. The minimum absolute atomic E-state index is 0.0120. The number of ketones is 3. The maximum absolute atomic E-state index is 14.5. The van der Waals surface area contributed by atoms with E-state index in [1.165, 1.54) is 71.2 Å². The van der Waals surface area contributed by atoms with Gasteiger partial charge in [-0.1, -0.05) is 42.5 Å². The van der Waals surface area contributed by atoms with Crippen LogP contribution < -0.4 is 64.8 Å². The lowest BCUT2D eigenvalue weighted by Crippen LogP contribution is -2.59. The number of rotatable bonds is 47. The summed E-state index contributed by atoms with van der Waals surface area (Å²) in [4.78, 5) is 200. The number of benzene rings is 2. The van der Waals surface area contributed by atoms with Crippen LogP contribution in [0.5, 0.6) is 5.75 Å². The Kier molecular flexibility index (Phi) is 38.6. The van der Waals surface area contributed by atoms with Crippen molar-refractivity contribution in [3.8, 4) is 5.75 Å². The van der Waals surface area contributed by atoms with Crippen molar-refractivity contribution in [2.24, 2.45) is 11.8 Å². The summed E-state index contributed by atoms with van der Waals surface area (Å²) in [6.45, 7) is 1.76. The highest BCUT2D eigenvalue weighted by molar-refractivity contribution is 5.99. The number of amides is 12. The van der Waals surface area contributed by atoms with Crippen LogP contribution in [-0.2, 0) is 94.2 Å². The topological polar surface area (TPSA) is 560 Å². The summed E-state index contributed by atoms with van der Waals surface area (Å²) < 4.78 is 10.3. The van der Waals surface area contributed by atoms with Crippen molar-refractivity contribution in [1.29, 1.82) is 0 Å². The molecule has 0 aliphatic carbocycles. The van der Waals surface area contributed by atoms with E-state index in [2.05, 4.69) is 31.9 Å². The first-order chi connectivity index (χ1) is 44.8. The Morgan fingerprint density at radius 3 is 1.14 bits per heavy atom. The van der Waals surface area contributed by atoms with Gasteiger partial charge in [-0.3, -0.25) is 98.4 Å². The number of carbonyl (C=O) groups excluding carboxylic acids is 15. The average Bonchev–Trinajstić information content (AvgIpc) is 0.903. The van der Waals surface area contributed by atoms with Gasteiger partial charge in [-0.05, 0) is 88.0 Å². The lowest BCUT2D eigenvalue weighted by atomic mass is 9.89. The summed E-state index contributed by atoms with van der Waals surface area (Å²) in [5.41, 5.74) is 9.17. The van der Waals surface area contributed by atoms with Crippen LogP contribution in [0.15, 0.2) is 54.6 Å². The van der Waals surface area contributed by atoms with Gasteiger partial charge < -0.3 is 51.3 Å². The molecule has 2 aromatic rings. The molecule has 0 radical (unpaired) electrons. The molecule has 19 N–H and O–H groups in total. The molecule has 0 bridgehead atoms. The number of methoxy groups -OCH3 is 1. The Morgan fingerprint density at radius 1 is 0.372 bits per heavy atom. The maximum Gasteiger partial charge on any atom is 0.243 e. The van der Waals surface area contributed by atoms with Gasteiger partial charge in [-0.15, -0.1) is 0 Å². The Hall–Kier alpha value is -9.43. The quantitative estimate of drug-likeness (QED) is 0.0178. The summed E-state index contributed by atoms with van der Waals surface area (Å²) in [6, 6.07) is 3.36. The number of phenols is 1. The van der Waals surface area contributed by atoms with Crippen LogP contribution in [0.25, 0.3) is 0 Å². The van der Waals surface area contributed by atoms with Crippen molar-refractivity contribution in [1.82, 2.24) is 64.8 Å². The van der Waals surface area contributed by atoms with Crippen LogP contribution in [0.1, 0.15) is 121 Å². The van der Waals surface area contributed by atoms with Gasteiger partial charge in [0.2, 0.25) is 70.9 Å². The van der Waals surface area contributed by atoms with Crippen LogP contribution in [0.3, 0.4) is 0 Å². The smallest absolute Gasteiger partial charge is 0.243 e. The van der Waals surface area contributed by atoms with E-state index in [4.69, 9.17) is 14.7 Å². The SMILES string of the molecule is COCCOCCCC(=O)[C@@H](CCC(=O)NO)NC(=O)[C@@H](CCC(=O)NO)NC(=O)[C@@H](CCC(=O)NO)NC(=O)[C@@H](CCC(=O)NO)NC(=O)[C@@H](CCC(=O)NO)NC(=O)[C@H](CCC(=O)NO)CC(=O)[C@@H](Cc1ccccc1)NC(=O)[C@@H](CC(C)=O)Cc1ccc(O)cc1. The third-order valence-corrected chi connectivity index (χ3v) is 14.3. The molecule has 0 spiro atoms. The molecule has 94 heavy (non-hydrogen) atoms. The van der Waals surface area contributed by atoms with Gasteiger partial charge in [0.1, 0.15) is 35.7 Å². The molecular formula is C58H84N12O24. The van der Waals surface area contributed by atoms with Crippen molar-refractivity contribution in [2.75, 3.05) is 26.9 Å². The largest absolute Gasteiger partial charge is 0.508 e. The van der Waals surface area contributed by atoms with Crippen molar-refractivity contribution in [3.05, 3.63) is 65.7 Å². The fourth-order valence-corrected chi connectivity index (χ4v) is 9.17. The first-order valence-corrected chi connectivity index (χ1v) is 29.6. The Morgan fingerprint density at radius 2 is 0.734 bits per heavy atom. The van der Waals surface area contributed by atoms with E-state index in [0.29, 0.717) is 11.1 Å². The van der Waals surface area contributed by atoms with Crippen molar-refractivity contribution in [2.45, 2.75) is 159 Å². The Bertz CT molecular complexity index is 2870. The number of hydroxylamine groups is 6. The number of Topliss-reactive ketones (excluding diaryl/α,β-unsaturated/α-hetero) is 3. The number of hydrogen-bond donors (Lipinski definition) is 19. The highest BCUT2D eigenvalue weighted by atomic mass is 16.5. The highest BCUT2D eigenvalue weighted by Crippen LogP contribution is 2.21. The van der Waals surface area contributed by atoms with Crippen molar-refractivity contribution >= 4 is 88.2 Å². The molecule has 36 heteroatoms. The first-order valence-electron chi connectivity index (χ1n) is 29.6. The van der Waals surface area contributed by atoms with Gasteiger partial charge >= 0.3 is 0 Å². The normalized spacial score (nSPS) is 13.4. The van der Waals surface area contributed by atoms with E-state index < -0.39 is 214 Å². The number of phenolic OH excluding ortho intramolecular Hbond substituents is 1.